The summed E-state index contributed by atoms with van der Waals surface area (Å²) in [5.74, 6) is 1.19. The molecule has 3 aromatic carbocycles. The first-order valence-electron chi connectivity index (χ1n) is 18.2. The van der Waals surface area contributed by atoms with Gasteiger partial charge in [-0.05, 0) is 68.7 Å². The second kappa shape index (κ2) is 18.6. The van der Waals surface area contributed by atoms with Crippen molar-refractivity contribution in [1.29, 1.82) is 5.26 Å². The van der Waals surface area contributed by atoms with Crippen molar-refractivity contribution in [2.75, 3.05) is 28.3 Å². The van der Waals surface area contributed by atoms with Crippen molar-refractivity contribution < 1.29 is 23.6 Å². The van der Waals surface area contributed by atoms with Crippen molar-refractivity contribution in [3.05, 3.63) is 108 Å². The van der Waals surface area contributed by atoms with E-state index >= 15 is 0 Å². The molecule has 0 aliphatic rings. The van der Waals surface area contributed by atoms with Gasteiger partial charge in [0.15, 0.2) is 17.0 Å². The number of nitriles is 1. The Balaban J connectivity index is 1.79. The zero-order valence-corrected chi connectivity index (χ0v) is 33.8. The third-order valence-electron chi connectivity index (χ3n) is 9.31. The van der Waals surface area contributed by atoms with Gasteiger partial charge in [-0.3, -0.25) is 4.57 Å². The molecule has 5 rings (SSSR count). The maximum absolute atomic E-state index is 11.6. The van der Waals surface area contributed by atoms with E-state index in [9.17, 15) is 10.2 Å². The van der Waals surface area contributed by atoms with E-state index in [1.165, 1.54) is 6.33 Å². The molecule has 0 spiro atoms. The highest BCUT2D eigenvalue weighted by atomic mass is 31.2. The van der Waals surface area contributed by atoms with E-state index in [1.54, 1.807) is 26.9 Å². The molecule has 290 valence electrons. The molecule has 1 N–H and O–H groups in total. The highest BCUT2D eigenvalue weighted by molar-refractivity contribution is 7.43. The maximum Gasteiger partial charge on any atom is 0.256 e. The molecule has 0 bridgehead atoms. The first kappa shape index (κ1) is 41.2. The lowest BCUT2D eigenvalue weighted by Gasteiger charge is -2.42. The largest absolute Gasteiger partial charge is 0.497 e. The lowest BCUT2D eigenvalue weighted by Crippen LogP contribution is -2.41. The number of fused-ring (bicyclic) bond motifs is 1. The van der Waals surface area contributed by atoms with Crippen LogP contribution in [-0.2, 0) is 14.9 Å². The van der Waals surface area contributed by atoms with Gasteiger partial charge in [0.1, 0.15) is 29.7 Å². The first-order valence-corrected chi connectivity index (χ1v) is 19.3. The van der Waals surface area contributed by atoms with Crippen LogP contribution in [-0.4, -0.2) is 86.8 Å². The Hall–Kier alpha value is -4.96. The molecule has 2 heterocycles. The van der Waals surface area contributed by atoms with Crippen LogP contribution in [0.15, 0.2) is 96.5 Å². The van der Waals surface area contributed by atoms with E-state index in [0.29, 0.717) is 28.5 Å². The lowest BCUT2D eigenvalue weighted by atomic mass is 9.79. The summed E-state index contributed by atoms with van der Waals surface area (Å²) in [6.07, 6.45) is 3.06. The number of rotatable bonds is 18. The summed E-state index contributed by atoms with van der Waals surface area (Å²) in [5, 5.41) is 10.2. The average Bonchev–Trinajstić information content (AvgIpc) is 3.62. The van der Waals surface area contributed by atoms with Crippen LogP contribution in [0.2, 0.25) is 0 Å². The van der Waals surface area contributed by atoms with Crippen molar-refractivity contribution >= 4 is 31.8 Å². The van der Waals surface area contributed by atoms with Crippen LogP contribution < -0.4 is 9.47 Å². The van der Waals surface area contributed by atoms with Crippen LogP contribution in [0.25, 0.3) is 11.2 Å². The fourth-order valence-electron chi connectivity index (χ4n) is 6.68. The van der Waals surface area contributed by atoms with Crippen molar-refractivity contribution in [3.63, 3.8) is 0 Å². The monoisotopic (exact) mass is 766 g/mol. The summed E-state index contributed by atoms with van der Waals surface area (Å²) in [4.78, 5) is 31.9. The van der Waals surface area contributed by atoms with Gasteiger partial charge in [0, 0.05) is 32.1 Å². The second-order valence-electron chi connectivity index (χ2n) is 13.9. The molecule has 0 aliphatic carbocycles. The minimum atomic E-state index is -2.09. The number of hydrogen-bond acceptors (Lipinski definition) is 11. The van der Waals surface area contributed by atoms with Crippen LogP contribution >= 0.6 is 8.53 Å². The number of aromatic nitrogens is 4. The van der Waals surface area contributed by atoms with E-state index in [-0.39, 0.29) is 18.5 Å². The highest BCUT2D eigenvalue weighted by Crippen LogP contribution is 2.49. The van der Waals surface area contributed by atoms with Gasteiger partial charge in [0.05, 0.1) is 45.5 Å². The Morgan fingerprint density at radius 3 is 1.93 bits per heavy atom. The smallest absolute Gasteiger partial charge is 0.256 e. The normalized spacial score (nSPS) is 14.3. The minimum Gasteiger partial charge on any atom is -0.497 e. The molecule has 13 nitrogen and oxygen atoms in total. The average molecular weight is 767 g/mol. The van der Waals surface area contributed by atoms with Crippen LogP contribution in [0.4, 0.5) is 5.82 Å². The van der Waals surface area contributed by atoms with Gasteiger partial charge in [-0.2, -0.15) is 5.26 Å². The molecule has 14 heteroatoms. The molecule has 0 amide bonds. The topological polar surface area (TPSA) is 143 Å². The number of ether oxygens (including phenoxy) is 3. The predicted molar refractivity (Wildman–Crippen MR) is 215 cm³/mol. The number of methoxy groups -OCH3 is 2. The predicted octanol–water partition coefficient (Wildman–Crippen LogP) is 7.85. The molecule has 2 aromatic heterocycles. The molecule has 0 saturated carbocycles. The van der Waals surface area contributed by atoms with Crippen molar-refractivity contribution in [1.82, 2.24) is 29.1 Å². The summed E-state index contributed by atoms with van der Waals surface area (Å²) >= 11 is 0. The second-order valence-corrected chi connectivity index (χ2v) is 15.1. The third-order valence-corrected chi connectivity index (χ3v) is 11.1. The molecular weight excluding hydrogens is 715 g/mol. The Morgan fingerprint density at radius 1 is 0.855 bits per heavy atom. The number of aliphatic imine (C=N–C) groups is 1. The zero-order chi connectivity index (χ0) is 39.7. The summed E-state index contributed by atoms with van der Waals surface area (Å²) in [5.41, 5.74) is 2.13. The number of benzene rings is 3. The van der Waals surface area contributed by atoms with Crippen LogP contribution in [0.3, 0.4) is 0 Å². The molecule has 55 heavy (non-hydrogen) atoms. The number of nitrogens with zero attached hydrogens (tertiary/aromatic N) is 8. The SMILES string of the molecule is COc1ccc(C(OC(C(C)C(CC#N)O[P@](O)N(C(C)C)C(C)C)n2cnc3c(N=CN(C)C)ncnc32)(c2ccccc2)c2ccc(OC)cc2)cc1. The Morgan fingerprint density at radius 2 is 1.42 bits per heavy atom. The Labute approximate surface area is 325 Å². The van der Waals surface area contributed by atoms with Crippen LogP contribution in [0, 0.1) is 17.2 Å². The summed E-state index contributed by atoms with van der Waals surface area (Å²) in [6.45, 7) is 10.00. The maximum atomic E-state index is 11.6. The number of imidazole rings is 1. The van der Waals surface area contributed by atoms with E-state index in [4.69, 9.17) is 28.7 Å². The molecule has 0 fully saturated rings. The van der Waals surface area contributed by atoms with Crippen LogP contribution in [0.1, 0.15) is 64.0 Å². The van der Waals surface area contributed by atoms with Crippen molar-refractivity contribution in [3.8, 4) is 17.6 Å². The van der Waals surface area contributed by atoms with E-state index in [1.807, 2.05) is 142 Å². The molecule has 4 atom stereocenters. The summed E-state index contributed by atoms with van der Waals surface area (Å²) < 4.78 is 29.1. The molecule has 0 saturated heterocycles. The van der Waals surface area contributed by atoms with Crippen LogP contribution in [0.5, 0.6) is 11.5 Å². The fraction of sp³-hybridized carbons (Fsp3) is 0.390. The van der Waals surface area contributed by atoms with Gasteiger partial charge in [0.25, 0.3) is 8.53 Å². The minimum absolute atomic E-state index is 0.00694. The standard InChI is InChI=1S/C41H51N8O5P/c1-28(2)49(29(3)4)55(50)54-36(23-24-42)30(5)40(48-27-45-37-38(46-26-47(6)7)43-25-44-39(37)48)53-41(31-13-11-10-12-14-31,32-15-19-34(51-8)20-16-32)33-17-21-35(52-9)22-18-33/h10-22,25-30,36,40,50H,23H2,1-9H3/t30?,36?,40?,55-/m0/s1. The first-order chi connectivity index (χ1) is 26.4. The van der Waals surface area contributed by atoms with Crippen molar-refractivity contribution in [2.24, 2.45) is 10.9 Å². The third kappa shape index (κ3) is 9.13. The molecule has 0 radical (unpaired) electrons. The molecule has 3 unspecified atom stereocenters. The Kier molecular flexibility index (Phi) is 13.9. The molecular formula is C41H51N8O5P. The van der Waals surface area contributed by atoms with Gasteiger partial charge in [-0.25, -0.2) is 24.6 Å². The van der Waals surface area contributed by atoms with Gasteiger partial charge in [-0.15, -0.1) is 0 Å². The Bertz CT molecular complexity index is 1980. The van der Waals surface area contributed by atoms with Gasteiger partial charge >= 0.3 is 0 Å². The molecule has 0 aliphatic heterocycles. The summed E-state index contributed by atoms with van der Waals surface area (Å²) in [6, 6.07) is 27.8. The zero-order valence-electron chi connectivity index (χ0n) is 32.9. The van der Waals surface area contributed by atoms with E-state index in [2.05, 4.69) is 16.0 Å². The quantitative estimate of drug-likeness (QED) is 0.0403. The van der Waals surface area contributed by atoms with Crippen molar-refractivity contribution in [2.45, 2.75) is 71.1 Å². The lowest BCUT2D eigenvalue weighted by molar-refractivity contribution is -0.129. The van der Waals surface area contributed by atoms with Gasteiger partial charge in [0.2, 0.25) is 0 Å². The number of hydrogen-bond donors (Lipinski definition) is 1. The highest BCUT2D eigenvalue weighted by Gasteiger charge is 2.44. The molecule has 5 aromatic rings. The fourth-order valence-corrected chi connectivity index (χ4v) is 8.08. The van der Waals surface area contributed by atoms with Gasteiger partial charge < -0.3 is 28.5 Å². The summed E-state index contributed by atoms with van der Waals surface area (Å²) in [7, 11) is 4.92. The van der Waals surface area contributed by atoms with E-state index in [0.717, 1.165) is 16.7 Å². The van der Waals surface area contributed by atoms with E-state index < -0.39 is 32.4 Å². The van der Waals surface area contributed by atoms with Gasteiger partial charge in [-0.1, -0.05) is 61.5 Å².